The predicted octanol–water partition coefficient (Wildman–Crippen LogP) is 4.16. The van der Waals surface area contributed by atoms with Crippen molar-refractivity contribution in [3.05, 3.63) is 50.3 Å². The van der Waals surface area contributed by atoms with Crippen LogP contribution in [0.25, 0.3) is 0 Å². The molecule has 1 aromatic carbocycles. The third kappa shape index (κ3) is 3.23. The summed E-state index contributed by atoms with van der Waals surface area (Å²) in [5.41, 5.74) is -0.166. The van der Waals surface area contributed by atoms with Gasteiger partial charge in [0.1, 0.15) is 5.75 Å². The molecule has 1 N–H and O–H groups in total. The van der Waals surface area contributed by atoms with Gasteiger partial charge >= 0.3 is 5.69 Å². The minimum Gasteiger partial charge on any atom is -0.440 e. The Balaban J connectivity index is 2.36. The molecule has 1 heterocycles. The number of thiophene rings is 1. The molecule has 0 saturated heterocycles. The van der Waals surface area contributed by atoms with Crippen LogP contribution in [0.4, 0.5) is 5.69 Å². The number of nitrogens with zero attached hydrogens (tertiary/aromatic N) is 1. The van der Waals surface area contributed by atoms with Gasteiger partial charge in [-0.05, 0) is 25.1 Å². The average molecular weight is 300 g/mol. The number of aliphatic hydroxyl groups excluding tert-OH is 1. The minimum atomic E-state index is -0.777. The van der Waals surface area contributed by atoms with E-state index >= 15 is 0 Å². The van der Waals surface area contributed by atoms with Crippen LogP contribution in [0, 0.1) is 10.1 Å². The van der Waals surface area contributed by atoms with Gasteiger partial charge in [0.2, 0.25) is 0 Å². The Bertz CT molecular complexity index is 612. The number of rotatable bonds is 4. The fourth-order valence-electron chi connectivity index (χ4n) is 1.43. The number of ether oxygens (including phenoxy) is 1. The number of halogens is 1. The van der Waals surface area contributed by atoms with E-state index in [2.05, 4.69) is 0 Å². The summed E-state index contributed by atoms with van der Waals surface area (Å²) in [5.74, 6) is 0.412. The first-order chi connectivity index (χ1) is 8.97. The summed E-state index contributed by atoms with van der Waals surface area (Å²) in [5, 5.41) is 21.0. The summed E-state index contributed by atoms with van der Waals surface area (Å²) in [6.45, 7) is 1.54. The van der Waals surface area contributed by atoms with E-state index in [1.807, 2.05) is 0 Å². The van der Waals surface area contributed by atoms with Gasteiger partial charge in [-0.2, -0.15) is 0 Å². The fraction of sp³-hybridized carbons (Fsp3) is 0.167. The summed E-state index contributed by atoms with van der Waals surface area (Å²) < 4.78 is 5.46. The van der Waals surface area contributed by atoms with Crippen molar-refractivity contribution >= 4 is 28.6 Å². The molecule has 2 aromatic rings. The molecular formula is C12H10ClNO4S. The molecule has 0 aliphatic carbocycles. The molecule has 0 amide bonds. The van der Waals surface area contributed by atoms with Crippen LogP contribution in [0.2, 0.25) is 5.02 Å². The molecule has 1 unspecified atom stereocenters. The zero-order valence-electron chi connectivity index (χ0n) is 9.87. The lowest BCUT2D eigenvalue weighted by atomic mass is 10.3. The molecule has 19 heavy (non-hydrogen) atoms. The summed E-state index contributed by atoms with van der Waals surface area (Å²) in [6, 6.07) is 7.89. The Morgan fingerprint density at radius 1 is 1.47 bits per heavy atom. The lowest BCUT2D eigenvalue weighted by Gasteiger charge is -2.02. The number of benzene rings is 1. The second-order valence-electron chi connectivity index (χ2n) is 3.81. The molecule has 0 aliphatic rings. The van der Waals surface area contributed by atoms with E-state index in [0.717, 1.165) is 11.3 Å². The van der Waals surface area contributed by atoms with Gasteiger partial charge in [0.25, 0.3) is 5.06 Å². The van der Waals surface area contributed by atoms with Crippen LogP contribution in [-0.4, -0.2) is 10.0 Å². The molecule has 7 heteroatoms. The second-order valence-corrected chi connectivity index (χ2v) is 5.30. The van der Waals surface area contributed by atoms with Gasteiger partial charge in [-0.15, -0.1) is 0 Å². The van der Waals surface area contributed by atoms with Crippen molar-refractivity contribution < 1.29 is 14.8 Å². The van der Waals surface area contributed by atoms with E-state index in [9.17, 15) is 15.2 Å². The number of nitro groups is 1. The van der Waals surface area contributed by atoms with Gasteiger partial charge in [-0.3, -0.25) is 10.1 Å². The Morgan fingerprint density at radius 2 is 2.21 bits per heavy atom. The highest BCUT2D eigenvalue weighted by Gasteiger charge is 2.23. The zero-order valence-corrected chi connectivity index (χ0v) is 11.4. The van der Waals surface area contributed by atoms with Crippen LogP contribution in [0.1, 0.15) is 17.9 Å². The number of hydrogen-bond donors (Lipinski definition) is 1. The van der Waals surface area contributed by atoms with Gasteiger partial charge in [0.05, 0.1) is 11.0 Å². The Hall–Kier alpha value is -1.63. The van der Waals surface area contributed by atoms with Crippen molar-refractivity contribution in [3.63, 3.8) is 0 Å². The highest BCUT2D eigenvalue weighted by Crippen LogP contribution is 2.42. The van der Waals surface area contributed by atoms with Gasteiger partial charge in [0.15, 0.2) is 0 Å². The SMILES string of the molecule is CC(O)c1cc([N+](=O)[O-])c(Oc2cccc(Cl)c2)s1. The lowest BCUT2D eigenvalue weighted by molar-refractivity contribution is -0.385. The van der Waals surface area contributed by atoms with Crippen molar-refractivity contribution in [2.24, 2.45) is 0 Å². The van der Waals surface area contributed by atoms with Crippen molar-refractivity contribution in [2.45, 2.75) is 13.0 Å². The first-order valence-electron chi connectivity index (χ1n) is 5.37. The van der Waals surface area contributed by atoms with E-state index in [1.54, 1.807) is 31.2 Å². The van der Waals surface area contributed by atoms with Crippen LogP contribution in [-0.2, 0) is 0 Å². The molecule has 0 fully saturated rings. The average Bonchev–Trinajstić information content (AvgIpc) is 2.73. The fourth-order valence-corrected chi connectivity index (χ4v) is 2.54. The Labute approximate surface area is 118 Å². The van der Waals surface area contributed by atoms with Gasteiger partial charge < -0.3 is 9.84 Å². The Morgan fingerprint density at radius 3 is 2.79 bits per heavy atom. The molecule has 1 aromatic heterocycles. The maximum atomic E-state index is 10.9. The summed E-state index contributed by atoms with van der Waals surface area (Å²) in [7, 11) is 0. The van der Waals surface area contributed by atoms with Gasteiger partial charge in [0, 0.05) is 16.0 Å². The molecule has 2 rings (SSSR count). The minimum absolute atomic E-state index is 0.128. The van der Waals surface area contributed by atoms with Gasteiger partial charge in [-0.1, -0.05) is 29.0 Å². The largest absolute Gasteiger partial charge is 0.440 e. The molecule has 0 aliphatic heterocycles. The highest BCUT2D eigenvalue weighted by molar-refractivity contribution is 7.14. The molecule has 100 valence electrons. The normalized spacial score (nSPS) is 12.2. The molecular weight excluding hydrogens is 290 g/mol. The van der Waals surface area contributed by atoms with Crippen molar-refractivity contribution in [1.82, 2.24) is 0 Å². The standard InChI is InChI=1S/C12H10ClNO4S/c1-7(15)11-6-10(14(16)17)12(19-11)18-9-4-2-3-8(13)5-9/h2-7,15H,1H3. The number of aliphatic hydroxyl groups is 1. The molecule has 1 atom stereocenters. The highest BCUT2D eigenvalue weighted by atomic mass is 35.5. The molecule has 0 spiro atoms. The predicted molar refractivity (Wildman–Crippen MR) is 73.1 cm³/mol. The molecule has 5 nitrogen and oxygen atoms in total. The third-order valence-corrected chi connectivity index (χ3v) is 3.72. The monoisotopic (exact) mass is 299 g/mol. The van der Waals surface area contributed by atoms with Crippen molar-refractivity contribution in [1.29, 1.82) is 0 Å². The third-order valence-electron chi connectivity index (χ3n) is 2.31. The van der Waals surface area contributed by atoms with Crippen LogP contribution in [0.3, 0.4) is 0 Å². The van der Waals surface area contributed by atoms with Crippen molar-refractivity contribution in [2.75, 3.05) is 0 Å². The first kappa shape index (κ1) is 13.8. The van der Waals surface area contributed by atoms with Crippen LogP contribution in [0.5, 0.6) is 10.8 Å². The topological polar surface area (TPSA) is 72.6 Å². The van der Waals surface area contributed by atoms with E-state index in [-0.39, 0.29) is 10.8 Å². The second kappa shape index (κ2) is 5.56. The van der Waals surface area contributed by atoms with E-state index in [0.29, 0.717) is 15.6 Å². The van der Waals surface area contributed by atoms with Crippen LogP contribution < -0.4 is 4.74 Å². The van der Waals surface area contributed by atoms with Gasteiger partial charge in [-0.25, -0.2) is 0 Å². The zero-order chi connectivity index (χ0) is 14.0. The van der Waals surface area contributed by atoms with Crippen molar-refractivity contribution in [3.8, 4) is 10.8 Å². The number of hydrogen-bond acceptors (Lipinski definition) is 5. The molecule has 0 saturated carbocycles. The van der Waals surface area contributed by atoms with E-state index in [1.165, 1.54) is 6.07 Å². The summed E-state index contributed by atoms with van der Waals surface area (Å²) in [6.07, 6.45) is -0.777. The summed E-state index contributed by atoms with van der Waals surface area (Å²) >= 11 is 6.86. The maximum absolute atomic E-state index is 10.9. The van der Waals surface area contributed by atoms with E-state index in [4.69, 9.17) is 16.3 Å². The Kier molecular flexibility index (Phi) is 4.04. The van der Waals surface area contributed by atoms with Crippen LogP contribution in [0.15, 0.2) is 30.3 Å². The summed E-state index contributed by atoms with van der Waals surface area (Å²) in [4.78, 5) is 10.9. The van der Waals surface area contributed by atoms with E-state index < -0.39 is 11.0 Å². The molecule has 0 radical (unpaired) electrons. The van der Waals surface area contributed by atoms with Crippen LogP contribution >= 0.6 is 22.9 Å². The quantitative estimate of drug-likeness (QED) is 0.679. The maximum Gasteiger partial charge on any atom is 0.323 e. The molecule has 0 bridgehead atoms. The smallest absolute Gasteiger partial charge is 0.323 e. The first-order valence-corrected chi connectivity index (χ1v) is 6.56. The lowest BCUT2D eigenvalue weighted by Crippen LogP contribution is -1.89.